The van der Waals surface area contributed by atoms with E-state index in [4.69, 9.17) is 4.74 Å². The first-order valence-corrected chi connectivity index (χ1v) is 8.42. The third-order valence-electron chi connectivity index (χ3n) is 2.39. The van der Waals surface area contributed by atoms with Gasteiger partial charge in [-0.05, 0) is 0 Å². The fraction of sp³-hybridized carbons (Fsp3) is 0.364. The summed E-state index contributed by atoms with van der Waals surface area (Å²) in [6, 6.07) is 7.64. The molecule has 0 aromatic heterocycles. The van der Waals surface area contributed by atoms with Crippen molar-refractivity contribution >= 4 is 37.8 Å². The van der Waals surface area contributed by atoms with Crippen LogP contribution in [0.2, 0.25) is 0 Å². The summed E-state index contributed by atoms with van der Waals surface area (Å²) in [6.45, 7) is 4.64. The molecule has 1 atom stereocenters. The van der Waals surface area contributed by atoms with Gasteiger partial charge < -0.3 is 0 Å². The van der Waals surface area contributed by atoms with Gasteiger partial charge in [0.25, 0.3) is 0 Å². The fourth-order valence-corrected chi connectivity index (χ4v) is 3.16. The molecular formula is C11H12LiNO2Se. The molecule has 0 fully saturated rings. The summed E-state index contributed by atoms with van der Waals surface area (Å²) in [6.07, 6.45) is 0. The molecule has 0 N–H and O–H groups in total. The second kappa shape index (κ2) is 4.47. The van der Waals surface area contributed by atoms with Crippen LogP contribution < -0.4 is 4.46 Å². The monoisotopic (exact) mass is 277 g/mol. The number of rotatable bonds is 2. The molecule has 2 rings (SSSR count). The van der Waals surface area contributed by atoms with Crippen molar-refractivity contribution in [1.29, 1.82) is 0 Å². The first-order valence-electron chi connectivity index (χ1n) is 5.15. The molecule has 1 aliphatic heterocycles. The zero-order valence-electron chi connectivity index (χ0n) is 9.69. The van der Waals surface area contributed by atoms with Crippen LogP contribution in [0.1, 0.15) is 19.4 Å². The molecule has 3 nitrogen and oxygen atoms in total. The number of hydrogen-bond donors (Lipinski definition) is 0. The van der Waals surface area contributed by atoms with Gasteiger partial charge in [-0.3, -0.25) is 0 Å². The summed E-state index contributed by atoms with van der Waals surface area (Å²) in [5, 5.41) is 0. The zero-order chi connectivity index (χ0) is 11.8. The van der Waals surface area contributed by atoms with Crippen LogP contribution in [0.15, 0.2) is 29.3 Å². The van der Waals surface area contributed by atoms with E-state index in [0.29, 0.717) is 12.5 Å². The number of aliphatic imine (C=N–C) groups is 1. The molecule has 1 aromatic rings. The Morgan fingerprint density at radius 2 is 2.12 bits per heavy atom. The van der Waals surface area contributed by atoms with Crippen LogP contribution in [0.4, 0.5) is 0 Å². The van der Waals surface area contributed by atoms with Gasteiger partial charge >= 0.3 is 107 Å². The maximum absolute atomic E-state index is 11.7. The second-order valence-corrected chi connectivity index (χ2v) is 7.30. The molecule has 1 aliphatic rings. The quantitative estimate of drug-likeness (QED) is 0.739. The van der Waals surface area contributed by atoms with Gasteiger partial charge in [0.05, 0.1) is 0 Å². The van der Waals surface area contributed by atoms with Gasteiger partial charge in [0.1, 0.15) is 0 Å². The van der Waals surface area contributed by atoms with E-state index in [2.05, 4.69) is 4.99 Å². The Balaban J connectivity index is 2.46. The van der Waals surface area contributed by atoms with E-state index in [0.717, 1.165) is 10.0 Å². The Bertz CT molecular complexity index is 471. The average molecular weight is 276 g/mol. The van der Waals surface area contributed by atoms with Gasteiger partial charge in [-0.25, -0.2) is 0 Å². The Morgan fingerprint density at radius 3 is 2.69 bits per heavy atom. The van der Waals surface area contributed by atoms with Gasteiger partial charge in [0, 0.05) is 0 Å². The van der Waals surface area contributed by atoms with E-state index in [1.54, 1.807) is 15.8 Å². The Kier molecular flexibility index (Phi) is 3.37. The van der Waals surface area contributed by atoms with E-state index in [1.165, 1.54) is 0 Å². The Hall–Kier alpha value is -0.393. The summed E-state index contributed by atoms with van der Waals surface area (Å²) >= 11 is -0.183. The van der Waals surface area contributed by atoms with Gasteiger partial charge in [0.15, 0.2) is 0 Å². The molecule has 16 heavy (non-hydrogen) atoms. The first kappa shape index (κ1) is 12.1. The van der Waals surface area contributed by atoms with E-state index in [-0.39, 0.29) is 5.54 Å². The van der Waals surface area contributed by atoms with Crippen molar-refractivity contribution in [3.8, 4) is 0 Å². The average Bonchev–Trinajstić information content (AvgIpc) is 2.59. The third-order valence-corrected chi connectivity index (χ3v) is 4.44. The van der Waals surface area contributed by atoms with E-state index < -0.39 is 11.6 Å². The maximum atomic E-state index is 11.7. The van der Waals surface area contributed by atoms with Gasteiger partial charge in [-0.1, -0.05) is 0 Å². The molecule has 1 heterocycles. The van der Waals surface area contributed by atoms with Crippen LogP contribution in [-0.2, 0) is 8.57 Å². The summed E-state index contributed by atoms with van der Waals surface area (Å²) in [5.41, 5.74) is 0.713. The molecule has 80 valence electrons. The van der Waals surface area contributed by atoms with Crippen molar-refractivity contribution in [1.82, 2.24) is 0 Å². The molecule has 0 spiro atoms. The van der Waals surface area contributed by atoms with Crippen molar-refractivity contribution in [3.05, 3.63) is 29.8 Å². The van der Waals surface area contributed by atoms with Crippen molar-refractivity contribution in [2.45, 2.75) is 19.4 Å². The summed E-state index contributed by atoms with van der Waals surface area (Å²) < 4.78 is 18.1. The Labute approximate surface area is 107 Å². The normalized spacial score (nSPS) is 20.1. The molecule has 1 unspecified atom stereocenters. The van der Waals surface area contributed by atoms with Crippen molar-refractivity contribution in [3.63, 3.8) is 0 Å². The number of benzene rings is 1. The third kappa shape index (κ3) is 2.47. The first-order chi connectivity index (χ1) is 7.49. The topological polar surface area (TPSA) is 38.7 Å². The molecule has 0 bridgehead atoms. The van der Waals surface area contributed by atoms with E-state index in [1.807, 2.05) is 38.1 Å². The molecule has 0 saturated carbocycles. The molecule has 5 heteroatoms. The minimum atomic E-state index is -1.95. The number of ether oxygens (including phenoxy) is 1. The number of nitrogens with zero attached hydrogens (tertiary/aromatic N) is 1. The molecule has 0 aliphatic carbocycles. The van der Waals surface area contributed by atoms with Crippen molar-refractivity contribution in [2.24, 2.45) is 4.99 Å². The van der Waals surface area contributed by atoms with Crippen LogP contribution in [0.25, 0.3) is 0 Å². The van der Waals surface area contributed by atoms with Crippen molar-refractivity contribution in [2.75, 3.05) is 6.61 Å². The van der Waals surface area contributed by atoms with Crippen LogP contribution in [0, 0.1) is 0 Å². The Morgan fingerprint density at radius 1 is 1.44 bits per heavy atom. The predicted molar refractivity (Wildman–Crippen MR) is 64.8 cm³/mol. The van der Waals surface area contributed by atoms with E-state index >= 15 is 0 Å². The van der Waals surface area contributed by atoms with Crippen LogP contribution in [-0.4, -0.2) is 45.5 Å². The summed E-state index contributed by atoms with van der Waals surface area (Å²) in [4.78, 5) is 4.51. The molecule has 0 amide bonds. The predicted octanol–water partition coefficient (Wildman–Crippen LogP) is 0.536. The number of hydrogen-bond acceptors (Lipinski definition) is 3. The minimum absolute atomic E-state index is 0.172. The van der Waals surface area contributed by atoms with Gasteiger partial charge in [-0.15, -0.1) is 0 Å². The van der Waals surface area contributed by atoms with E-state index in [9.17, 15) is 3.83 Å². The summed E-state index contributed by atoms with van der Waals surface area (Å²) in [7, 11) is 0. The SMILES string of the molecule is [Li][Se](=O)c1ccccc1C1=NC(C)(C)CO1. The van der Waals surface area contributed by atoms with Gasteiger partial charge in [0.2, 0.25) is 0 Å². The molecule has 1 aromatic carbocycles. The van der Waals surface area contributed by atoms with Crippen LogP contribution >= 0.6 is 0 Å². The van der Waals surface area contributed by atoms with Crippen LogP contribution in [0.5, 0.6) is 0 Å². The molecule has 0 saturated heterocycles. The molecule has 0 radical (unpaired) electrons. The van der Waals surface area contributed by atoms with Crippen molar-refractivity contribution < 1.29 is 8.57 Å². The standard InChI is InChI=1S/C11H12NO2Se.Li/c1-11(2)7-14-10(12-11)8-5-3-4-6-9(8)15-13;/h3-6H,7H2,1-2H3;/q+1;-1. The zero-order valence-corrected chi connectivity index (χ0v) is 11.4. The molecular weight excluding hydrogens is 264 g/mol. The van der Waals surface area contributed by atoms with Gasteiger partial charge in [-0.2, -0.15) is 0 Å². The van der Waals surface area contributed by atoms with Crippen LogP contribution in [0.3, 0.4) is 0 Å². The second-order valence-electron chi connectivity index (χ2n) is 4.47. The summed E-state index contributed by atoms with van der Waals surface area (Å²) in [5.74, 6) is 0.632. The fourth-order valence-electron chi connectivity index (χ4n) is 1.62.